The van der Waals surface area contributed by atoms with E-state index in [0.717, 1.165) is 6.42 Å². The second kappa shape index (κ2) is 4.73. The van der Waals surface area contributed by atoms with Crippen LogP contribution in [0.2, 0.25) is 0 Å². The number of hydrogen-bond acceptors (Lipinski definition) is 3. The molecule has 6 nitrogen and oxygen atoms in total. The van der Waals surface area contributed by atoms with E-state index in [1.54, 1.807) is 4.90 Å². The van der Waals surface area contributed by atoms with Crippen LogP contribution in [0, 0.1) is 5.92 Å². The van der Waals surface area contributed by atoms with E-state index in [1.807, 2.05) is 0 Å². The van der Waals surface area contributed by atoms with Crippen LogP contribution in [0.4, 0.5) is 0 Å². The number of rotatable bonds is 2. The van der Waals surface area contributed by atoms with Crippen LogP contribution < -0.4 is 11.1 Å². The molecule has 2 fully saturated rings. The SMILES string of the molecule is NC(=O)C1CCCN1C(=O)C1CCC(=O)NC1. The Morgan fingerprint density at radius 1 is 1.35 bits per heavy atom. The molecule has 2 rings (SSSR count). The molecule has 2 aliphatic heterocycles. The molecule has 0 radical (unpaired) electrons. The molecule has 0 aromatic rings. The van der Waals surface area contributed by atoms with E-state index in [0.29, 0.717) is 32.4 Å². The molecule has 3 amide bonds. The highest BCUT2D eigenvalue weighted by molar-refractivity contribution is 5.89. The van der Waals surface area contributed by atoms with Gasteiger partial charge in [0.25, 0.3) is 0 Å². The summed E-state index contributed by atoms with van der Waals surface area (Å²) in [5.74, 6) is -0.698. The van der Waals surface area contributed by atoms with E-state index in [1.165, 1.54) is 0 Å². The molecular formula is C11H17N3O3. The summed E-state index contributed by atoms with van der Waals surface area (Å²) in [4.78, 5) is 36.0. The fourth-order valence-electron chi connectivity index (χ4n) is 2.50. The van der Waals surface area contributed by atoms with E-state index >= 15 is 0 Å². The van der Waals surface area contributed by atoms with Crippen LogP contribution in [-0.2, 0) is 14.4 Å². The smallest absolute Gasteiger partial charge is 0.240 e. The van der Waals surface area contributed by atoms with Crippen molar-refractivity contribution in [2.75, 3.05) is 13.1 Å². The normalized spacial score (nSPS) is 28.9. The summed E-state index contributed by atoms with van der Waals surface area (Å²) in [6.07, 6.45) is 2.41. The molecule has 0 aliphatic carbocycles. The van der Waals surface area contributed by atoms with E-state index in [-0.39, 0.29) is 17.7 Å². The van der Waals surface area contributed by atoms with Crippen molar-refractivity contribution in [1.29, 1.82) is 0 Å². The molecule has 6 heteroatoms. The van der Waals surface area contributed by atoms with E-state index in [2.05, 4.69) is 5.32 Å². The summed E-state index contributed by atoms with van der Waals surface area (Å²) in [6, 6.07) is -0.458. The molecule has 2 unspecified atom stereocenters. The number of carbonyl (C=O) groups excluding carboxylic acids is 3. The van der Waals surface area contributed by atoms with Gasteiger partial charge in [0.1, 0.15) is 6.04 Å². The highest BCUT2D eigenvalue weighted by Gasteiger charge is 2.36. The Hall–Kier alpha value is -1.59. The third-order valence-electron chi connectivity index (χ3n) is 3.48. The Kier molecular flexibility index (Phi) is 3.31. The maximum atomic E-state index is 12.2. The van der Waals surface area contributed by atoms with Crippen LogP contribution in [0.3, 0.4) is 0 Å². The third kappa shape index (κ3) is 2.40. The van der Waals surface area contributed by atoms with Crippen LogP contribution in [0.1, 0.15) is 25.7 Å². The average Bonchev–Trinajstić information content (AvgIpc) is 2.78. The highest BCUT2D eigenvalue weighted by atomic mass is 16.2. The maximum absolute atomic E-state index is 12.2. The maximum Gasteiger partial charge on any atom is 0.240 e. The predicted molar refractivity (Wildman–Crippen MR) is 59.7 cm³/mol. The van der Waals surface area contributed by atoms with Crippen molar-refractivity contribution in [3.63, 3.8) is 0 Å². The monoisotopic (exact) mass is 239 g/mol. The number of nitrogens with zero attached hydrogens (tertiary/aromatic N) is 1. The summed E-state index contributed by atoms with van der Waals surface area (Å²) in [5.41, 5.74) is 5.27. The van der Waals surface area contributed by atoms with E-state index in [4.69, 9.17) is 5.73 Å². The molecule has 0 aromatic heterocycles. The number of carbonyl (C=O) groups is 3. The molecule has 17 heavy (non-hydrogen) atoms. The van der Waals surface area contributed by atoms with Gasteiger partial charge in [-0.15, -0.1) is 0 Å². The van der Waals surface area contributed by atoms with Crippen LogP contribution in [0.5, 0.6) is 0 Å². The van der Waals surface area contributed by atoms with Crippen LogP contribution in [-0.4, -0.2) is 41.8 Å². The summed E-state index contributed by atoms with van der Waals surface area (Å²) < 4.78 is 0. The Morgan fingerprint density at radius 2 is 2.12 bits per heavy atom. The highest BCUT2D eigenvalue weighted by Crippen LogP contribution is 2.22. The minimum atomic E-state index is -0.458. The molecule has 94 valence electrons. The van der Waals surface area contributed by atoms with Gasteiger partial charge in [0.05, 0.1) is 5.92 Å². The summed E-state index contributed by atoms with van der Waals surface area (Å²) in [5, 5.41) is 2.68. The standard InChI is InChI=1S/C11H17N3O3/c12-10(16)8-2-1-5-14(8)11(17)7-3-4-9(15)13-6-7/h7-8H,1-6H2,(H2,12,16)(H,13,15). The van der Waals surface area contributed by atoms with Crippen LogP contribution in [0.15, 0.2) is 0 Å². The number of nitrogens with one attached hydrogen (secondary N) is 1. The molecule has 2 saturated heterocycles. The lowest BCUT2D eigenvalue weighted by molar-refractivity contribution is -0.142. The van der Waals surface area contributed by atoms with Gasteiger partial charge < -0.3 is 16.0 Å². The molecule has 0 aromatic carbocycles. The predicted octanol–water partition coefficient (Wildman–Crippen LogP) is -1.01. The lowest BCUT2D eigenvalue weighted by Crippen LogP contribution is -2.49. The van der Waals surface area contributed by atoms with Gasteiger partial charge in [0.2, 0.25) is 17.7 Å². The van der Waals surface area contributed by atoms with Crippen molar-refractivity contribution in [1.82, 2.24) is 10.2 Å². The molecule has 0 bridgehead atoms. The largest absolute Gasteiger partial charge is 0.368 e. The van der Waals surface area contributed by atoms with Gasteiger partial charge in [0, 0.05) is 19.5 Å². The Labute approximate surface area is 99.5 Å². The van der Waals surface area contributed by atoms with Gasteiger partial charge in [-0.05, 0) is 19.3 Å². The molecule has 3 N–H and O–H groups in total. The first-order chi connectivity index (χ1) is 8.09. The fourth-order valence-corrected chi connectivity index (χ4v) is 2.50. The number of amides is 3. The Bertz CT molecular complexity index is 346. The van der Waals surface area contributed by atoms with Crippen LogP contribution in [0.25, 0.3) is 0 Å². The number of primary amides is 1. The van der Waals surface area contributed by atoms with Gasteiger partial charge in [-0.25, -0.2) is 0 Å². The topological polar surface area (TPSA) is 92.5 Å². The molecule has 0 saturated carbocycles. The number of likely N-dealkylation sites (tertiary alicyclic amines) is 1. The van der Waals surface area contributed by atoms with Crippen molar-refractivity contribution in [2.45, 2.75) is 31.7 Å². The van der Waals surface area contributed by atoms with Crippen molar-refractivity contribution >= 4 is 17.7 Å². The van der Waals surface area contributed by atoms with Gasteiger partial charge in [-0.2, -0.15) is 0 Å². The van der Waals surface area contributed by atoms with Crippen molar-refractivity contribution in [2.24, 2.45) is 11.7 Å². The third-order valence-corrected chi connectivity index (χ3v) is 3.48. The Morgan fingerprint density at radius 3 is 2.71 bits per heavy atom. The lowest BCUT2D eigenvalue weighted by Gasteiger charge is -2.29. The summed E-state index contributed by atoms with van der Waals surface area (Å²) in [6.45, 7) is 0.969. The minimum absolute atomic E-state index is 0.0121. The van der Waals surface area contributed by atoms with E-state index in [9.17, 15) is 14.4 Å². The minimum Gasteiger partial charge on any atom is -0.368 e. The van der Waals surface area contributed by atoms with Gasteiger partial charge in [-0.1, -0.05) is 0 Å². The zero-order valence-corrected chi connectivity index (χ0v) is 9.65. The zero-order chi connectivity index (χ0) is 12.4. The second-order valence-corrected chi connectivity index (χ2v) is 4.63. The number of piperidine rings is 1. The van der Waals surface area contributed by atoms with E-state index < -0.39 is 11.9 Å². The van der Waals surface area contributed by atoms with Gasteiger partial charge >= 0.3 is 0 Å². The summed E-state index contributed by atoms with van der Waals surface area (Å²) in [7, 11) is 0. The van der Waals surface area contributed by atoms with Crippen LogP contribution >= 0.6 is 0 Å². The first kappa shape index (κ1) is 11.9. The fraction of sp³-hybridized carbons (Fsp3) is 0.727. The Balaban J connectivity index is 1.99. The zero-order valence-electron chi connectivity index (χ0n) is 9.65. The molecule has 2 atom stereocenters. The number of hydrogen-bond donors (Lipinski definition) is 2. The molecule has 2 heterocycles. The first-order valence-corrected chi connectivity index (χ1v) is 5.96. The van der Waals surface area contributed by atoms with Gasteiger partial charge in [-0.3, -0.25) is 14.4 Å². The quantitative estimate of drug-likeness (QED) is 0.646. The van der Waals surface area contributed by atoms with Crippen molar-refractivity contribution < 1.29 is 14.4 Å². The van der Waals surface area contributed by atoms with Crippen molar-refractivity contribution in [3.8, 4) is 0 Å². The summed E-state index contributed by atoms with van der Waals surface area (Å²) >= 11 is 0. The van der Waals surface area contributed by atoms with Gasteiger partial charge in [0.15, 0.2) is 0 Å². The molecule has 0 spiro atoms. The second-order valence-electron chi connectivity index (χ2n) is 4.63. The first-order valence-electron chi connectivity index (χ1n) is 5.96. The molecule has 2 aliphatic rings. The number of nitrogens with two attached hydrogens (primary N) is 1. The molecular weight excluding hydrogens is 222 g/mol. The average molecular weight is 239 g/mol. The lowest BCUT2D eigenvalue weighted by atomic mass is 9.97. The van der Waals surface area contributed by atoms with Crippen molar-refractivity contribution in [3.05, 3.63) is 0 Å².